The Kier molecular flexibility index (Phi) is 5.83. The zero-order valence-corrected chi connectivity index (χ0v) is 13.1. The number of hydrogen-bond acceptors (Lipinski definition) is 5. The van der Waals surface area contributed by atoms with Gasteiger partial charge < -0.3 is 9.47 Å². The first-order valence-electron chi connectivity index (χ1n) is 6.09. The molecule has 0 fully saturated rings. The number of esters is 1. The third kappa shape index (κ3) is 4.68. The first-order chi connectivity index (χ1) is 9.27. The molecule has 0 amide bonds. The maximum absolute atomic E-state index is 11.8. The molecule has 7 heteroatoms. The summed E-state index contributed by atoms with van der Waals surface area (Å²) in [5.74, 6) is -0.0306. The molecule has 1 rings (SSSR count). The molecular formula is C13H17ClO5S. The number of hydrogen-bond donors (Lipinski definition) is 0. The van der Waals surface area contributed by atoms with Crippen molar-refractivity contribution in [1.82, 2.24) is 0 Å². The monoisotopic (exact) mass is 320 g/mol. The first-order valence-corrected chi connectivity index (χ1v) is 8.40. The SMILES string of the molecule is CCC(C)OC(=O)Cc1cc(S(=O)(=O)Cl)ccc1OC. The molecule has 1 atom stereocenters. The lowest BCUT2D eigenvalue weighted by molar-refractivity contribution is -0.147. The summed E-state index contributed by atoms with van der Waals surface area (Å²) in [6.07, 6.45) is 0.445. The maximum atomic E-state index is 11.8. The Balaban J connectivity index is 3.00. The zero-order valence-electron chi connectivity index (χ0n) is 11.6. The van der Waals surface area contributed by atoms with E-state index in [1.54, 1.807) is 6.92 Å². The molecule has 0 heterocycles. The molecule has 0 saturated carbocycles. The van der Waals surface area contributed by atoms with Crippen LogP contribution in [0, 0.1) is 0 Å². The Morgan fingerprint density at radius 3 is 2.55 bits per heavy atom. The Morgan fingerprint density at radius 2 is 2.05 bits per heavy atom. The molecule has 0 radical (unpaired) electrons. The molecule has 0 aliphatic carbocycles. The molecule has 1 unspecified atom stereocenters. The van der Waals surface area contributed by atoms with E-state index in [0.29, 0.717) is 17.7 Å². The third-order valence-electron chi connectivity index (χ3n) is 2.78. The number of carbonyl (C=O) groups excluding carboxylic acids is 1. The van der Waals surface area contributed by atoms with E-state index in [0.717, 1.165) is 0 Å². The normalized spacial score (nSPS) is 12.8. The highest BCUT2D eigenvalue weighted by atomic mass is 35.7. The average molecular weight is 321 g/mol. The highest BCUT2D eigenvalue weighted by molar-refractivity contribution is 8.13. The second-order valence-electron chi connectivity index (χ2n) is 4.30. The van der Waals surface area contributed by atoms with Gasteiger partial charge in [0, 0.05) is 16.2 Å². The van der Waals surface area contributed by atoms with E-state index < -0.39 is 15.0 Å². The minimum absolute atomic E-state index is 0.0756. The van der Waals surface area contributed by atoms with Gasteiger partial charge in [0.05, 0.1) is 24.5 Å². The molecule has 0 bridgehead atoms. The van der Waals surface area contributed by atoms with E-state index in [1.165, 1.54) is 25.3 Å². The fourth-order valence-electron chi connectivity index (χ4n) is 1.55. The molecule has 0 aromatic heterocycles. The lowest BCUT2D eigenvalue weighted by Gasteiger charge is -2.13. The fourth-order valence-corrected chi connectivity index (χ4v) is 2.35. The molecular weight excluding hydrogens is 304 g/mol. The Labute approximate surface area is 123 Å². The summed E-state index contributed by atoms with van der Waals surface area (Å²) in [6, 6.07) is 4.10. The average Bonchev–Trinajstić information content (AvgIpc) is 2.37. The third-order valence-corrected chi connectivity index (χ3v) is 4.13. The Hall–Kier alpha value is -1.27. The number of carbonyl (C=O) groups is 1. The molecule has 1 aromatic rings. The smallest absolute Gasteiger partial charge is 0.310 e. The highest BCUT2D eigenvalue weighted by Crippen LogP contribution is 2.25. The lowest BCUT2D eigenvalue weighted by Crippen LogP contribution is -2.16. The van der Waals surface area contributed by atoms with E-state index in [1.807, 2.05) is 6.92 Å². The van der Waals surface area contributed by atoms with Crippen molar-refractivity contribution in [1.29, 1.82) is 0 Å². The van der Waals surface area contributed by atoms with Gasteiger partial charge in [-0.05, 0) is 31.5 Å². The number of ether oxygens (including phenoxy) is 2. The van der Waals surface area contributed by atoms with E-state index in [4.69, 9.17) is 20.2 Å². The van der Waals surface area contributed by atoms with Crippen LogP contribution in [0.2, 0.25) is 0 Å². The van der Waals surface area contributed by atoms with Crippen molar-refractivity contribution >= 4 is 25.7 Å². The van der Waals surface area contributed by atoms with Gasteiger partial charge in [-0.1, -0.05) is 6.92 Å². The molecule has 0 aliphatic rings. The Morgan fingerprint density at radius 1 is 1.40 bits per heavy atom. The predicted octanol–water partition coefficient (Wildman–Crippen LogP) is 2.51. The number of halogens is 1. The summed E-state index contributed by atoms with van der Waals surface area (Å²) >= 11 is 0. The minimum atomic E-state index is -3.85. The summed E-state index contributed by atoms with van der Waals surface area (Å²) in [6.45, 7) is 3.69. The van der Waals surface area contributed by atoms with Crippen LogP contribution in [-0.4, -0.2) is 27.6 Å². The van der Waals surface area contributed by atoms with Crippen LogP contribution in [0.1, 0.15) is 25.8 Å². The topological polar surface area (TPSA) is 69.7 Å². The van der Waals surface area contributed by atoms with Crippen molar-refractivity contribution in [2.45, 2.75) is 37.7 Å². The van der Waals surface area contributed by atoms with Crippen molar-refractivity contribution in [2.24, 2.45) is 0 Å². The molecule has 5 nitrogen and oxygen atoms in total. The predicted molar refractivity (Wildman–Crippen MR) is 75.6 cm³/mol. The van der Waals surface area contributed by atoms with Crippen LogP contribution >= 0.6 is 10.7 Å². The van der Waals surface area contributed by atoms with Gasteiger partial charge in [-0.3, -0.25) is 4.79 Å². The van der Waals surface area contributed by atoms with Crippen LogP contribution in [0.15, 0.2) is 23.1 Å². The second-order valence-corrected chi connectivity index (χ2v) is 6.86. The fraction of sp³-hybridized carbons (Fsp3) is 0.462. The molecule has 0 spiro atoms. The number of methoxy groups -OCH3 is 1. The standard InChI is InChI=1S/C13H17ClO5S/c1-4-9(2)19-13(15)8-10-7-11(20(14,16)17)5-6-12(10)18-3/h5-7,9H,4,8H2,1-3H3. The summed E-state index contributed by atoms with van der Waals surface area (Å²) in [5, 5.41) is 0. The van der Waals surface area contributed by atoms with E-state index in [2.05, 4.69) is 0 Å². The van der Waals surface area contributed by atoms with Crippen LogP contribution in [0.4, 0.5) is 0 Å². The quantitative estimate of drug-likeness (QED) is 0.595. The summed E-state index contributed by atoms with van der Waals surface area (Å²) in [5.41, 5.74) is 0.419. The molecule has 20 heavy (non-hydrogen) atoms. The van der Waals surface area contributed by atoms with Crippen molar-refractivity contribution in [3.05, 3.63) is 23.8 Å². The van der Waals surface area contributed by atoms with Crippen LogP contribution < -0.4 is 4.74 Å². The van der Waals surface area contributed by atoms with Gasteiger partial charge >= 0.3 is 5.97 Å². The van der Waals surface area contributed by atoms with Crippen LogP contribution in [0.25, 0.3) is 0 Å². The van der Waals surface area contributed by atoms with Crippen molar-refractivity contribution in [3.63, 3.8) is 0 Å². The zero-order chi connectivity index (χ0) is 15.3. The maximum Gasteiger partial charge on any atom is 0.310 e. The largest absolute Gasteiger partial charge is 0.496 e. The van der Waals surface area contributed by atoms with Gasteiger partial charge in [0.2, 0.25) is 0 Å². The molecule has 0 aliphatic heterocycles. The lowest BCUT2D eigenvalue weighted by atomic mass is 10.1. The van der Waals surface area contributed by atoms with E-state index in [-0.39, 0.29) is 17.4 Å². The number of benzene rings is 1. The van der Waals surface area contributed by atoms with Crippen molar-refractivity contribution in [2.75, 3.05) is 7.11 Å². The summed E-state index contributed by atoms with van der Waals surface area (Å²) in [4.78, 5) is 11.7. The van der Waals surface area contributed by atoms with Crippen LogP contribution in [-0.2, 0) is 25.0 Å². The van der Waals surface area contributed by atoms with Crippen molar-refractivity contribution < 1.29 is 22.7 Å². The van der Waals surface area contributed by atoms with Crippen molar-refractivity contribution in [3.8, 4) is 5.75 Å². The second kappa shape index (κ2) is 6.95. The van der Waals surface area contributed by atoms with Gasteiger partial charge in [0.25, 0.3) is 9.05 Å². The van der Waals surface area contributed by atoms with E-state index >= 15 is 0 Å². The molecule has 1 aromatic carbocycles. The summed E-state index contributed by atoms with van der Waals surface area (Å²) < 4.78 is 32.9. The first kappa shape index (κ1) is 16.8. The van der Waals surface area contributed by atoms with Gasteiger partial charge in [-0.2, -0.15) is 0 Å². The molecule has 0 N–H and O–H groups in total. The van der Waals surface area contributed by atoms with Crippen LogP contribution in [0.5, 0.6) is 5.75 Å². The Bertz CT molecular complexity index is 582. The highest BCUT2D eigenvalue weighted by Gasteiger charge is 2.17. The van der Waals surface area contributed by atoms with Gasteiger partial charge in [0.1, 0.15) is 5.75 Å². The minimum Gasteiger partial charge on any atom is -0.496 e. The molecule has 0 saturated heterocycles. The van der Waals surface area contributed by atoms with Gasteiger partial charge in [-0.15, -0.1) is 0 Å². The number of rotatable bonds is 6. The van der Waals surface area contributed by atoms with Crippen LogP contribution in [0.3, 0.4) is 0 Å². The van der Waals surface area contributed by atoms with Gasteiger partial charge in [-0.25, -0.2) is 8.42 Å². The summed E-state index contributed by atoms with van der Waals surface area (Å²) in [7, 11) is 2.87. The van der Waals surface area contributed by atoms with Gasteiger partial charge in [0.15, 0.2) is 0 Å². The van der Waals surface area contributed by atoms with E-state index in [9.17, 15) is 13.2 Å². The molecule has 112 valence electrons.